The highest BCUT2D eigenvalue weighted by Gasteiger charge is 2.26. The minimum atomic E-state index is -0.492. The van der Waals surface area contributed by atoms with Crippen molar-refractivity contribution >= 4 is 27.5 Å². The molecule has 114 valence electrons. The van der Waals surface area contributed by atoms with Crippen molar-refractivity contribution in [2.45, 2.75) is 39.2 Å². The fourth-order valence-corrected chi connectivity index (χ4v) is 3.56. The number of carbonyl (C=O) groups is 1. The maximum atomic E-state index is 12.4. The lowest BCUT2D eigenvalue weighted by Gasteiger charge is -2.32. The number of nitro benzene ring substituents is 1. The van der Waals surface area contributed by atoms with E-state index in [1.54, 1.807) is 6.07 Å². The summed E-state index contributed by atoms with van der Waals surface area (Å²) in [4.78, 5) is 22.7. The lowest BCUT2D eigenvalue weighted by Crippen LogP contribution is -2.40. The van der Waals surface area contributed by atoms with Crippen molar-refractivity contribution < 1.29 is 9.72 Å². The van der Waals surface area contributed by atoms with E-state index in [2.05, 4.69) is 35.1 Å². The first-order valence-electron chi connectivity index (χ1n) is 7.11. The van der Waals surface area contributed by atoms with Crippen molar-refractivity contribution in [1.82, 2.24) is 5.32 Å². The van der Waals surface area contributed by atoms with Gasteiger partial charge in [0.25, 0.3) is 11.6 Å². The van der Waals surface area contributed by atoms with Gasteiger partial charge < -0.3 is 5.32 Å². The summed E-state index contributed by atoms with van der Waals surface area (Å²) in [6, 6.07) is 4.38. The molecule has 1 saturated carbocycles. The van der Waals surface area contributed by atoms with Gasteiger partial charge in [0.2, 0.25) is 0 Å². The lowest BCUT2D eigenvalue weighted by atomic mass is 9.80. The first-order chi connectivity index (χ1) is 9.86. The Morgan fingerprint density at radius 3 is 2.48 bits per heavy atom. The second kappa shape index (κ2) is 6.56. The van der Waals surface area contributed by atoms with Gasteiger partial charge in [-0.25, -0.2) is 0 Å². The van der Waals surface area contributed by atoms with Gasteiger partial charge in [0.05, 0.1) is 10.5 Å². The van der Waals surface area contributed by atoms with Gasteiger partial charge in [-0.15, -0.1) is 0 Å². The van der Waals surface area contributed by atoms with Gasteiger partial charge >= 0.3 is 0 Å². The summed E-state index contributed by atoms with van der Waals surface area (Å²) in [5.74, 6) is 0.928. The van der Waals surface area contributed by atoms with Crippen molar-refractivity contribution in [3.63, 3.8) is 0 Å². The predicted molar refractivity (Wildman–Crippen MR) is 84.2 cm³/mol. The zero-order chi connectivity index (χ0) is 15.6. The number of benzene rings is 1. The minimum absolute atomic E-state index is 0.0752. The summed E-state index contributed by atoms with van der Waals surface area (Å²) in [5.41, 5.74) is 0.240. The highest BCUT2D eigenvalue weighted by molar-refractivity contribution is 9.10. The second-order valence-corrected chi connectivity index (χ2v) is 6.86. The Morgan fingerprint density at radius 1 is 1.29 bits per heavy atom. The van der Waals surface area contributed by atoms with Gasteiger partial charge in [0.1, 0.15) is 0 Å². The third kappa shape index (κ3) is 4.03. The highest BCUT2D eigenvalue weighted by Crippen LogP contribution is 2.29. The maximum Gasteiger partial charge on any atom is 0.270 e. The van der Waals surface area contributed by atoms with E-state index in [-0.39, 0.29) is 17.6 Å². The summed E-state index contributed by atoms with van der Waals surface area (Å²) in [7, 11) is 0. The van der Waals surface area contributed by atoms with E-state index in [0.29, 0.717) is 21.9 Å². The zero-order valence-corrected chi connectivity index (χ0v) is 13.7. The summed E-state index contributed by atoms with van der Waals surface area (Å²) in [6.45, 7) is 4.39. The van der Waals surface area contributed by atoms with Crippen LogP contribution in [-0.4, -0.2) is 16.9 Å². The Hall–Kier alpha value is -1.43. The number of carbonyl (C=O) groups excluding carboxylic acids is 1. The Morgan fingerprint density at radius 2 is 1.90 bits per heavy atom. The number of non-ortho nitro benzene ring substituents is 1. The molecule has 1 aliphatic carbocycles. The van der Waals surface area contributed by atoms with Gasteiger partial charge in [-0.2, -0.15) is 0 Å². The van der Waals surface area contributed by atoms with Crippen LogP contribution in [0.1, 0.15) is 43.5 Å². The third-order valence-electron chi connectivity index (χ3n) is 3.92. The molecule has 2 unspecified atom stereocenters. The van der Waals surface area contributed by atoms with Crippen LogP contribution in [0.15, 0.2) is 22.7 Å². The van der Waals surface area contributed by atoms with E-state index in [1.165, 1.54) is 18.6 Å². The molecule has 0 heterocycles. The smallest absolute Gasteiger partial charge is 0.270 e. The normalized spacial score (nSPS) is 25.4. The molecule has 1 aromatic carbocycles. The molecule has 1 N–H and O–H groups in total. The molecule has 5 nitrogen and oxygen atoms in total. The van der Waals surface area contributed by atoms with Gasteiger partial charge in [-0.05, 0) is 53.1 Å². The number of amides is 1. The summed E-state index contributed by atoms with van der Waals surface area (Å²) in [6.07, 6.45) is 3.11. The quantitative estimate of drug-likeness (QED) is 0.660. The van der Waals surface area contributed by atoms with Crippen molar-refractivity contribution in [3.8, 4) is 0 Å². The van der Waals surface area contributed by atoms with Gasteiger partial charge in [0, 0.05) is 22.6 Å². The summed E-state index contributed by atoms with van der Waals surface area (Å²) >= 11 is 3.29. The van der Waals surface area contributed by atoms with Crippen molar-refractivity contribution in [1.29, 1.82) is 0 Å². The topological polar surface area (TPSA) is 72.2 Å². The highest BCUT2D eigenvalue weighted by atomic mass is 79.9. The van der Waals surface area contributed by atoms with E-state index < -0.39 is 4.92 Å². The maximum absolute atomic E-state index is 12.4. The number of nitrogens with one attached hydrogen (secondary N) is 1. The first kappa shape index (κ1) is 15.9. The average molecular weight is 355 g/mol. The van der Waals surface area contributed by atoms with Crippen molar-refractivity contribution in [3.05, 3.63) is 38.3 Å². The molecular weight excluding hydrogens is 336 g/mol. The van der Waals surface area contributed by atoms with Crippen LogP contribution in [0.25, 0.3) is 0 Å². The van der Waals surface area contributed by atoms with Crippen molar-refractivity contribution in [2.24, 2.45) is 11.8 Å². The Labute approximate surface area is 132 Å². The van der Waals surface area contributed by atoms with Crippen molar-refractivity contribution in [2.75, 3.05) is 0 Å². The molecule has 1 amide bonds. The summed E-state index contributed by atoms with van der Waals surface area (Å²) in [5, 5.41) is 13.8. The third-order valence-corrected chi connectivity index (χ3v) is 4.61. The largest absolute Gasteiger partial charge is 0.349 e. The molecule has 0 saturated heterocycles. The number of nitro groups is 1. The molecule has 0 aliphatic heterocycles. The summed E-state index contributed by atoms with van der Waals surface area (Å²) < 4.78 is 0.572. The van der Waals surface area contributed by atoms with Crippen LogP contribution >= 0.6 is 15.9 Å². The van der Waals surface area contributed by atoms with Crippen LogP contribution in [0.2, 0.25) is 0 Å². The Balaban J connectivity index is 2.13. The van der Waals surface area contributed by atoms with Crippen LogP contribution in [0.3, 0.4) is 0 Å². The Kier molecular flexibility index (Phi) is 4.98. The van der Waals surface area contributed by atoms with E-state index >= 15 is 0 Å². The number of hydrogen-bond donors (Lipinski definition) is 1. The van der Waals surface area contributed by atoms with Crippen LogP contribution in [0, 0.1) is 22.0 Å². The fraction of sp³-hybridized carbons (Fsp3) is 0.533. The van der Waals surface area contributed by atoms with E-state index in [1.807, 2.05) is 0 Å². The number of nitrogens with zero attached hydrogens (tertiary/aromatic N) is 1. The van der Waals surface area contributed by atoms with Crippen LogP contribution in [0.4, 0.5) is 5.69 Å². The number of hydrogen-bond acceptors (Lipinski definition) is 3. The second-order valence-electron chi connectivity index (χ2n) is 6.01. The van der Waals surface area contributed by atoms with E-state index in [0.717, 1.165) is 12.8 Å². The zero-order valence-electron chi connectivity index (χ0n) is 12.1. The molecular formula is C15H19BrN2O3. The molecule has 1 fully saturated rings. The number of rotatable bonds is 3. The van der Waals surface area contributed by atoms with Crippen LogP contribution < -0.4 is 5.32 Å². The van der Waals surface area contributed by atoms with Gasteiger partial charge in [-0.3, -0.25) is 14.9 Å². The molecule has 0 aromatic heterocycles. The molecule has 21 heavy (non-hydrogen) atoms. The SMILES string of the molecule is CC1CC(C)CC(NC(=O)c2cc([N+](=O)[O-])ccc2Br)C1. The van der Waals surface area contributed by atoms with Gasteiger partial charge in [0.15, 0.2) is 0 Å². The lowest BCUT2D eigenvalue weighted by molar-refractivity contribution is -0.384. The van der Waals surface area contributed by atoms with E-state index in [4.69, 9.17) is 0 Å². The molecule has 0 radical (unpaired) electrons. The Bertz CT molecular complexity index is 552. The molecule has 1 aliphatic rings. The van der Waals surface area contributed by atoms with Crippen LogP contribution in [0.5, 0.6) is 0 Å². The molecule has 1 aromatic rings. The molecule has 2 atom stereocenters. The molecule has 6 heteroatoms. The van der Waals surface area contributed by atoms with Crippen LogP contribution in [-0.2, 0) is 0 Å². The molecule has 0 spiro atoms. The molecule has 0 bridgehead atoms. The van der Waals surface area contributed by atoms with Gasteiger partial charge in [-0.1, -0.05) is 13.8 Å². The molecule has 2 rings (SSSR count). The number of halogens is 1. The van der Waals surface area contributed by atoms with E-state index in [9.17, 15) is 14.9 Å². The minimum Gasteiger partial charge on any atom is -0.349 e. The fourth-order valence-electron chi connectivity index (χ4n) is 3.13. The first-order valence-corrected chi connectivity index (χ1v) is 7.91. The average Bonchev–Trinajstić information content (AvgIpc) is 2.37. The standard InChI is InChI=1S/C15H19BrN2O3/c1-9-5-10(2)7-11(6-9)17-15(19)13-8-12(18(20)21)3-4-14(13)16/h3-4,8-11H,5-7H2,1-2H3,(H,17,19). The predicted octanol–water partition coefficient (Wildman–Crippen LogP) is 3.91. The monoisotopic (exact) mass is 354 g/mol.